The predicted molar refractivity (Wildman–Crippen MR) is 84.1 cm³/mol. The summed E-state index contributed by atoms with van der Waals surface area (Å²) in [5, 5.41) is 9.59. The van der Waals surface area contributed by atoms with E-state index in [1.807, 2.05) is 26.1 Å². The molecule has 138 valence electrons. The lowest BCUT2D eigenvalue weighted by Gasteiger charge is -2.22. The Morgan fingerprint density at radius 2 is 1.88 bits per heavy atom. The maximum atomic E-state index is 13.5. The van der Waals surface area contributed by atoms with E-state index in [9.17, 15) is 18.0 Å². The number of alkyl halides is 3. The third kappa shape index (κ3) is 3.85. The molecule has 1 amide bonds. The van der Waals surface area contributed by atoms with Gasteiger partial charge < -0.3 is 9.84 Å². The number of aromatic nitrogens is 3. The number of carbonyl (C=O) groups is 1. The highest BCUT2D eigenvalue weighted by Crippen LogP contribution is 2.36. The Balaban J connectivity index is 2.35. The highest BCUT2D eigenvalue weighted by Gasteiger charge is 2.45. The van der Waals surface area contributed by atoms with E-state index in [1.165, 1.54) is 24.6 Å². The summed E-state index contributed by atoms with van der Waals surface area (Å²) in [4.78, 5) is 12.3. The summed E-state index contributed by atoms with van der Waals surface area (Å²) in [6.07, 6.45) is -4.68. The fraction of sp³-hybridized carbons (Fsp3) is 0.562. The van der Waals surface area contributed by atoms with Gasteiger partial charge in [0, 0.05) is 29.8 Å². The Kier molecular flexibility index (Phi) is 4.71. The van der Waals surface area contributed by atoms with Gasteiger partial charge in [0.15, 0.2) is 11.7 Å². The van der Waals surface area contributed by atoms with Crippen molar-refractivity contribution in [3.05, 3.63) is 34.5 Å². The van der Waals surface area contributed by atoms with E-state index in [4.69, 9.17) is 4.52 Å². The lowest BCUT2D eigenvalue weighted by atomic mass is 9.93. The normalized spacial score (nSPS) is 13.8. The van der Waals surface area contributed by atoms with E-state index >= 15 is 0 Å². The maximum Gasteiger partial charge on any atom is 0.413 e. The molecule has 0 fully saturated rings. The predicted octanol–water partition coefficient (Wildman–Crippen LogP) is 3.36. The number of nitrogens with zero attached hydrogens (tertiary/aromatic N) is 3. The lowest BCUT2D eigenvalue weighted by Crippen LogP contribution is -2.39. The summed E-state index contributed by atoms with van der Waals surface area (Å²) >= 11 is 0. The number of halogens is 3. The van der Waals surface area contributed by atoms with Crippen LogP contribution in [-0.2, 0) is 12.5 Å². The molecule has 1 unspecified atom stereocenters. The largest absolute Gasteiger partial charge is 0.413 e. The van der Waals surface area contributed by atoms with Crippen molar-refractivity contribution < 1.29 is 22.5 Å². The summed E-state index contributed by atoms with van der Waals surface area (Å²) < 4.78 is 47.1. The molecule has 2 rings (SSSR count). The highest BCUT2D eigenvalue weighted by molar-refractivity contribution is 5.92. The van der Waals surface area contributed by atoms with Gasteiger partial charge in [0.25, 0.3) is 5.91 Å². The van der Waals surface area contributed by atoms with E-state index in [2.05, 4.69) is 10.3 Å². The van der Waals surface area contributed by atoms with Crippen LogP contribution in [0.4, 0.5) is 13.2 Å². The van der Waals surface area contributed by atoms with Gasteiger partial charge in [-0.25, -0.2) is 0 Å². The Morgan fingerprint density at radius 3 is 2.28 bits per heavy atom. The van der Waals surface area contributed by atoms with Crippen molar-refractivity contribution in [3.8, 4) is 0 Å². The maximum absolute atomic E-state index is 13.5. The van der Waals surface area contributed by atoms with E-state index < -0.39 is 23.5 Å². The Labute approximate surface area is 143 Å². The highest BCUT2D eigenvalue weighted by atomic mass is 19.4. The number of hydrogen-bond acceptors (Lipinski definition) is 4. The molecule has 0 spiro atoms. The summed E-state index contributed by atoms with van der Waals surface area (Å²) in [6.45, 7) is 8.53. The topological polar surface area (TPSA) is 73.0 Å². The molecule has 0 saturated carbocycles. The molecule has 25 heavy (non-hydrogen) atoms. The van der Waals surface area contributed by atoms with Crippen LogP contribution in [-0.4, -0.2) is 27.0 Å². The van der Waals surface area contributed by atoms with Gasteiger partial charge in [-0.1, -0.05) is 25.9 Å². The molecule has 1 atom stereocenters. The summed E-state index contributed by atoms with van der Waals surface area (Å²) in [6, 6.07) is -0.824. The minimum Gasteiger partial charge on any atom is -0.360 e. The molecule has 2 aromatic heterocycles. The number of aryl methyl sites for hydroxylation is 2. The first kappa shape index (κ1) is 19.0. The van der Waals surface area contributed by atoms with Crippen LogP contribution in [0.25, 0.3) is 0 Å². The number of rotatable bonds is 3. The standard InChI is InChI=1S/C16H21F3N4O2/c1-8-12(9(2)23(6)21-8)13(16(17,18)19)20-14(24)10-7-11(25-22-10)15(3,4)5/h7,13H,1-6H3,(H,20,24). The molecule has 1 N–H and O–H groups in total. The molecular formula is C16H21F3N4O2. The first-order valence-corrected chi connectivity index (χ1v) is 7.67. The molecule has 0 aliphatic rings. The minimum atomic E-state index is -4.68. The van der Waals surface area contributed by atoms with Gasteiger partial charge >= 0.3 is 6.18 Å². The van der Waals surface area contributed by atoms with Crippen molar-refractivity contribution >= 4 is 5.91 Å². The van der Waals surface area contributed by atoms with Crippen LogP contribution in [0.2, 0.25) is 0 Å². The smallest absolute Gasteiger partial charge is 0.360 e. The van der Waals surface area contributed by atoms with Crippen molar-refractivity contribution in [1.29, 1.82) is 0 Å². The average molecular weight is 358 g/mol. The Morgan fingerprint density at radius 1 is 1.28 bits per heavy atom. The van der Waals surface area contributed by atoms with E-state index in [0.29, 0.717) is 11.5 Å². The van der Waals surface area contributed by atoms with E-state index in [-0.39, 0.29) is 17.0 Å². The quantitative estimate of drug-likeness (QED) is 0.913. The van der Waals surface area contributed by atoms with Gasteiger partial charge in [-0.05, 0) is 13.8 Å². The zero-order valence-corrected chi connectivity index (χ0v) is 14.9. The van der Waals surface area contributed by atoms with Crippen LogP contribution < -0.4 is 5.32 Å². The first-order valence-electron chi connectivity index (χ1n) is 7.67. The third-order valence-electron chi connectivity index (χ3n) is 3.94. The molecule has 0 radical (unpaired) electrons. The second-order valence-corrected chi connectivity index (χ2v) is 6.98. The van der Waals surface area contributed by atoms with Crippen LogP contribution in [0, 0.1) is 13.8 Å². The van der Waals surface area contributed by atoms with Crippen LogP contribution in [0.15, 0.2) is 10.6 Å². The summed E-state index contributed by atoms with van der Waals surface area (Å²) in [5.74, 6) is -0.542. The van der Waals surface area contributed by atoms with Crippen molar-refractivity contribution in [2.75, 3.05) is 0 Å². The van der Waals surface area contributed by atoms with Gasteiger partial charge in [0.1, 0.15) is 5.76 Å². The number of nitrogens with one attached hydrogen (secondary N) is 1. The Hall–Kier alpha value is -2.32. The Bertz CT molecular complexity index is 784. The second-order valence-electron chi connectivity index (χ2n) is 6.98. The van der Waals surface area contributed by atoms with Crippen LogP contribution in [0.3, 0.4) is 0 Å². The summed E-state index contributed by atoms with van der Waals surface area (Å²) in [5.41, 5.74) is -0.138. The zero-order valence-electron chi connectivity index (χ0n) is 14.9. The van der Waals surface area contributed by atoms with Gasteiger partial charge in [0.2, 0.25) is 0 Å². The molecular weight excluding hydrogens is 337 g/mol. The van der Waals surface area contributed by atoms with E-state index in [0.717, 1.165) is 0 Å². The molecule has 9 heteroatoms. The molecule has 0 saturated heterocycles. The third-order valence-corrected chi connectivity index (χ3v) is 3.94. The average Bonchev–Trinajstić information content (AvgIpc) is 3.02. The minimum absolute atomic E-state index is 0.0668. The van der Waals surface area contributed by atoms with Crippen LogP contribution in [0.5, 0.6) is 0 Å². The molecule has 0 aromatic carbocycles. The molecule has 2 aromatic rings. The first-order chi connectivity index (χ1) is 11.3. The zero-order chi connectivity index (χ0) is 19.2. The number of amides is 1. The molecule has 2 heterocycles. The van der Waals surface area contributed by atoms with Crippen molar-refractivity contribution in [2.24, 2.45) is 7.05 Å². The molecule has 0 aliphatic carbocycles. The monoisotopic (exact) mass is 358 g/mol. The van der Waals surface area contributed by atoms with Gasteiger partial charge in [-0.2, -0.15) is 18.3 Å². The van der Waals surface area contributed by atoms with Gasteiger partial charge in [-0.3, -0.25) is 9.48 Å². The molecule has 0 bridgehead atoms. The number of carbonyl (C=O) groups excluding carboxylic acids is 1. The number of hydrogen-bond donors (Lipinski definition) is 1. The van der Waals surface area contributed by atoms with Crippen molar-refractivity contribution in [1.82, 2.24) is 20.3 Å². The van der Waals surface area contributed by atoms with Gasteiger partial charge in [-0.15, -0.1) is 0 Å². The van der Waals surface area contributed by atoms with E-state index in [1.54, 1.807) is 7.05 Å². The molecule has 6 nitrogen and oxygen atoms in total. The SMILES string of the molecule is Cc1nn(C)c(C)c1C(NC(=O)c1cc(C(C)(C)C)on1)C(F)(F)F. The lowest BCUT2D eigenvalue weighted by molar-refractivity contribution is -0.155. The van der Waals surface area contributed by atoms with Crippen molar-refractivity contribution in [2.45, 2.75) is 52.3 Å². The molecule has 0 aliphatic heterocycles. The van der Waals surface area contributed by atoms with Gasteiger partial charge in [0.05, 0.1) is 5.69 Å². The second kappa shape index (κ2) is 6.20. The van der Waals surface area contributed by atoms with Crippen LogP contribution in [0.1, 0.15) is 60.0 Å². The van der Waals surface area contributed by atoms with Crippen LogP contribution >= 0.6 is 0 Å². The fourth-order valence-corrected chi connectivity index (χ4v) is 2.47. The fourth-order valence-electron chi connectivity index (χ4n) is 2.47. The summed E-state index contributed by atoms with van der Waals surface area (Å²) in [7, 11) is 1.55. The van der Waals surface area contributed by atoms with Crippen molar-refractivity contribution in [3.63, 3.8) is 0 Å².